The fourth-order valence-electron chi connectivity index (χ4n) is 5.59. The molecular weight excluding hydrogens is 535 g/mol. The number of cyclic esters (lactones) is 1. The minimum absolute atomic E-state index is 0.0320. The predicted octanol–water partition coefficient (Wildman–Crippen LogP) is 6.90. The number of benzene rings is 3. The average Bonchev–Trinajstić information content (AvgIpc) is 3.33. The number of nitrogens with one attached hydrogen (secondary N) is 1. The van der Waals surface area contributed by atoms with Crippen molar-refractivity contribution in [3.63, 3.8) is 0 Å². The number of hydrogen-bond acceptors (Lipinski definition) is 4. The zero-order valence-corrected chi connectivity index (χ0v) is 24.1. The zero-order valence-electron chi connectivity index (χ0n) is 23.1. The number of hydrogen-bond donors (Lipinski definition) is 1. The molecule has 0 saturated carbocycles. The molecule has 2 heterocycles. The van der Waals surface area contributed by atoms with Crippen LogP contribution >= 0.6 is 0 Å². The molecule has 1 aliphatic rings. The fraction of sp³-hybridized carbons (Fsp3) is 0.273. The van der Waals surface area contributed by atoms with Crippen LogP contribution in [0, 0.1) is 5.82 Å². The highest BCUT2D eigenvalue weighted by Gasteiger charge is 2.32. The lowest BCUT2D eigenvalue weighted by Gasteiger charge is -2.29. The van der Waals surface area contributed by atoms with Gasteiger partial charge in [0.25, 0.3) is 5.91 Å². The third-order valence-electron chi connectivity index (χ3n) is 7.35. The molecule has 6 nitrogen and oxygen atoms in total. The Morgan fingerprint density at radius 1 is 1.02 bits per heavy atom. The molecule has 1 amide bonds. The maximum atomic E-state index is 14.1. The van der Waals surface area contributed by atoms with Crippen molar-refractivity contribution in [2.75, 3.05) is 5.32 Å². The van der Waals surface area contributed by atoms with Crippen molar-refractivity contribution in [1.82, 2.24) is 4.57 Å². The second-order valence-electron chi connectivity index (χ2n) is 10.6. The van der Waals surface area contributed by atoms with Gasteiger partial charge in [0.2, 0.25) is 10.5 Å². The van der Waals surface area contributed by atoms with Crippen LogP contribution < -0.4 is 5.32 Å². The molecule has 1 fully saturated rings. The van der Waals surface area contributed by atoms with Gasteiger partial charge in [-0.15, -0.1) is 0 Å². The highest BCUT2D eigenvalue weighted by Crippen LogP contribution is 2.43. The number of para-hydroxylation sites is 1. The fourth-order valence-corrected chi connectivity index (χ4v) is 5.77. The van der Waals surface area contributed by atoms with Crippen LogP contribution in [-0.4, -0.2) is 39.1 Å². The Hall–Kier alpha value is -4.01. The Morgan fingerprint density at radius 3 is 2.32 bits per heavy atom. The van der Waals surface area contributed by atoms with Crippen molar-refractivity contribution in [2.45, 2.75) is 57.8 Å². The Kier molecular flexibility index (Phi) is 8.80. The summed E-state index contributed by atoms with van der Waals surface area (Å²) in [7, 11) is 3.09. The molecule has 1 unspecified atom stereocenters. The van der Waals surface area contributed by atoms with Gasteiger partial charge in [0.05, 0.1) is 23.8 Å². The minimum Gasteiger partial charge on any atom is -0.462 e. The molecule has 5 rings (SSSR count). The Bertz CT molecular complexity index is 1500. The first kappa shape index (κ1) is 28.5. The van der Waals surface area contributed by atoms with Gasteiger partial charge in [0.15, 0.2) is 0 Å². The Balaban J connectivity index is 1.69. The number of rotatable bonds is 9. The maximum absolute atomic E-state index is 14.1. The third kappa shape index (κ3) is 6.34. The molecule has 0 bridgehead atoms. The van der Waals surface area contributed by atoms with Gasteiger partial charge in [-0.2, -0.15) is 0 Å². The largest absolute Gasteiger partial charge is 0.462 e. The second kappa shape index (κ2) is 12.7. The van der Waals surface area contributed by atoms with E-state index in [9.17, 15) is 14.0 Å². The molecule has 1 aromatic heterocycles. The van der Waals surface area contributed by atoms with E-state index in [0.29, 0.717) is 30.6 Å². The Labute approximate surface area is 243 Å². The molecule has 209 valence electrons. The predicted molar refractivity (Wildman–Crippen MR) is 158 cm³/mol. The summed E-state index contributed by atoms with van der Waals surface area (Å²) in [5, 5.41) is 3.09. The molecule has 41 heavy (non-hydrogen) atoms. The summed E-state index contributed by atoms with van der Waals surface area (Å²) in [5.41, 5.74) is 5.36. The maximum Gasteiger partial charge on any atom is 0.308 e. The molecule has 1 aliphatic heterocycles. The number of halogens is 1. The van der Waals surface area contributed by atoms with E-state index >= 15 is 0 Å². The first-order chi connectivity index (χ1) is 19.9. The van der Waals surface area contributed by atoms with Crippen molar-refractivity contribution in [1.29, 1.82) is 0 Å². The van der Waals surface area contributed by atoms with E-state index in [2.05, 4.69) is 34.2 Å². The number of aromatic nitrogens is 1. The quantitative estimate of drug-likeness (QED) is 0.176. The zero-order chi connectivity index (χ0) is 28.9. The van der Waals surface area contributed by atoms with Gasteiger partial charge in [0.1, 0.15) is 11.9 Å². The summed E-state index contributed by atoms with van der Waals surface area (Å²) in [6.45, 7) is 4.60. The summed E-state index contributed by atoms with van der Waals surface area (Å²) < 4.78 is 27.2. The second-order valence-corrected chi connectivity index (χ2v) is 10.8. The van der Waals surface area contributed by atoms with Gasteiger partial charge in [-0.3, -0.25) is 9.59 Å². The van der Waals surface area contributed by atoms with Crippen LogP contribution in [0.3, 0.4) is 0 Å². The summed E-state index contributed by atoms with van der Waals surface area (Å²) in [5.74, 6) is -0.894. The number of esters is 1. The standard InChI is InChI=1S/C33H32FN2O4Si/c1-21(2)31-30(33(38)35-25-11-7-4-8-12-25)29(22-9-5-3-6-10-22)32(23-13-15-24(34)16-14-23)36(31)18-17-26-19-27(40-41)20-28(37)39-26/h3-16,21,26-27H,17-20H2,1-2H3,(H,35,38)/t26?,27-/m1/s1. The number of nitrogens with zero attached hydrogens (tertiary/aromatic N) is 1. The number of amides is 1. The van der Waals surface area contributed by atoms with E-state index in [0.717, 1.165) is 28.1 Å². The molecular formula is C33H32FN2O4Si. The van der Waals surface area contributed by atoms with E-state index < -0.39 is 0 Å². The van der Waals surface area contributed by atoms with Crippen LogP contribution in [0.4, 0.5) is 10.1 Å². The lowest BCUT2D eigenvalue weighted by Crippen LogP contribution is -2.34. The van der Waals surface area contributed by atoms with Crippen LogP contribution in [-0.2, 0) is 20.5 Å². The monoisotopic (exact) mass is 567 g/mol. The van der Waals surface area contributed by atoms with E-state index in [-0.39, 0.29) is 42.2 Å². The van der Waals surface area contributed by atoms with E-state index in [1.165, 1.54) is 12.1 Å². The summed E-state index contributed by atoms with van der Waals surface area (Å²) in [6, 6.07) is 25.5. The molecule has 0 spiro atoms. The number of ether oxygens (including phenoxy) is 1. The van der Waals surface area contributed by atoms with Crippen molar-refractivity contribution in [2.24, 2.45) is 0 Å². The van der Waals surface area contributed by atoms with Crippen molar-refractivity contribution >= 4 is 28.0 Å². The molecule has 1 saturated heterocycles. The molecule has 3 radical (unpaired) electrons. The molecule has 2 atom stereocenters. The molecule has 3 aromatic carbocycles. The lowest BCUT2D eigenvalue weighted by molar-refractivity contribution is -0.159. The first-order valence-electron chi connectivity index (χ1n) is 13.8. The van der Waals surface area contributed by atoms with Crippen LogP contribution in [0.2, 0.25) is 0 Å². The van der Waals surface area contributed by atoms with Crippen LogP contribution in [0.5, 0.6) is 0 Å². The smallest absolute Gasteiger partial charge is 0.308 e. The normalized spacial score (nSPS) is 17.0. The van der Waals surface area contributed by atoms with Crippen molar-refractivity contribution < 1.29 is 23.1 Å². The number of carbonyl (C=O) groups is 2. The van der Waals surface area contributed by atoms with E-state index in [4.69, 9.17) is 9.16 Å². The van der Waals surface area contributed by atoms with E-state index in [1.54, 1.807) is 12.1 Å². The summed E-state index contributed by atoms with van der Waals surface area (Å²) in [4.78, 5) is 26.4. The summed E-state index contributed by atoms with van der Waals surface area (Å²) in [6.07, 6.45) is 0.670. The molecule has 8 heteroatoms. The van der Waals surface area contributed by atoms with Gasteiger partial charge >= 0.3 is 5.97 Å². The topological polar surface area (TPSA) is 69.6 Å². The number of anilines is 1. The highest BCUT2D eigenvalue weighted by molar-refractivity contribution is 6.12. The SMILES string of the molecule is CC(C)c1c(C(=O)Nc2ccccc2)c(-c2ccccc2)c(-c2ccc(F)cc2)n1CCC1C[C@@H](O[Si])CC(=O)O1. The average molecular weight is 568 g/mol. The van der Waals surface area contributed by atoms with E-state index in [1.807, 2.05) is 60.7 Å². The van der Waals surface area contributed by atoms with Crippen molar-refractivity contribution in [3.05, 3.63) is 102 Å². The molecule has 0 aliphatic carbocycles. The van der Waals surface area contributed by atoms with Crippen LogP contribution in [0.15, 0.2) is 84.9 Å². The van der Waals surface area contributed by atoms with Gasteiger partial charge in [0, 0.05) is 36.3 Å². The number of carbonyl (C=O) groups excluding carboxylic acids is 2. The van der Waals surface area contributed by atoms with Crippen LogP contribution in [0.1, 0.15) is 55.1 Å². The van der Waals surface area contributed by atoms with Gasteiger partial charge < -0.3 is 19.0 Å². The van der Waals surface area contributed by atoms with Crippen LogP contribution in [0.25, 0.3) is 22.4 Å². The van der Waals surface area contributed by atoms with Crippen molar-refractivity contribution in [3.8, 4) is 22.4 Å². The minimum atomic E-state index is -0.345. The Morgan fingerprint density at radius 2 is 1.68 bits per heavy atom. The van der Waals surface area contributed by atoms with Gasteiger partial charge in [-0.25, -0.2) is 4.39 Å². The highest BCUT2D eigenvalue weighted by atomic mass is 28.2. The molecule has 4 aromatic rings. The third-order valence-corrected chi connectivity index (χ3v) is 7.68. The first-order valence-corrected chi connectivity index (χ1v) is 14.2. The summed E-state index contributed by atoms with van der Waals surface area (Å²) >= 11 is 0. The molecule has 1 N–H and O–H groups in total. The lowest BCUT2D eigenvalue weighted by atomic mass is 9.94. The van der Waals surface area contributed by atoms with Gasteiger partial charge in [-0.1, -0.05) is 62.4 Å². The van der Waals surface area contributed by atoms with Gasteiger partial charge in [-0.05, 0) is 53.4 Å².